The zero-order valence-electron chi connectivity index (χ0n) is 11.3. The molecule has 2 aromatic carbocycles. The van der Waals surface area contributed by atoms with Gasteiger partial charge in [0, 0.05) is 6.42 Å². The lowest BCUT2D eigenvalue weighted by Gasteiger charge is -2.08. The van der Waals surface area contributed by atoms with Crippen LogP contribution in [0.1, 0.15) is 17.5 Å². The number of hydrogen-bond acceptors (Lipinski definition) is 2. The molecule has 0 aliphatic rings. The van der Waals surface area contributed by atoms with E-state index >= 15 is 0 Å². The number of aliphatic hydroxyl groups excluding tert-OH is 1. The number of hydrogen-bond donors (Lipinski definition) is 1. The lowest BCUT2D eigenvalue weighted by atomic mass is 10.1. The first kappa shape index (κ1) is 15.4. The van der Waals surface area contributed by atoms with E-state index in [2.05, 4.69) is 11.8 Å². The minimum absolute atomic E-state index is 0.0378. The van der Waals surface area contributed by atoms with Crippen molar-refractivity contribution in [1.29, 1.82) is 0 Å². The molecule has 0 aliphatic heterocycles. The molecule has 0 bridgehead atoms. The Bertz CT molecular complexity index is 674. The molecule has 0 amide bonds. The number of benzene rings is 2. The van der Waals surface area contributed by atoms with Crippen LogP contribution in [-0.2, 0) is 6.61 Å². The maximum atomic E-state index is 13.6. The molecule has 0 radical (unpaired) electrons. The summed E-state index contributed by atoms with van der Waals surface area (Å²) in [6.07, 6.45) is 0.319. The van der Waals surface area contributed by atoms with Gasteiger partial charge in [-0.15, -0.1) is 0 Å². The maximum absolute atomic E-state index is 13.6. The summed E-state index contributed by atoms with van der Waals surface area (Å²) in [5.41, 5.74) is 1.09. The smallest absolute Gasteiger partial charge is 0.138 e. The number of aliphatic hydroxyl groups is 1. The molecule has 0 fully saturated rings. The van der Waals surface area contributed by atoms with Crippen molar-refractivity contribution in [1.82, 2.24) is 0 Å². The average Bonchev–Trinajstić information content (AvgIpc) is 2.49. The van der Waals surface area contributed by atoms with Gasteiger partial charge in [-0.05, 0) is 29.8 Å². The van der Waals surface area contributed by atoms with Crippen LogP contribution in [0.25, 0.3) is 0 Å². The molecule has 2 aromatic rings. The number of rotatable bonds is 4. The van der Waals surface area contributed by atoms with E-state index in [4.69, 9.17) is 21.4 Å². The highest BCUT2D eigenvalue weighted by Crippen LogP contribution is 2.24. The molecule has 21 heavy (non-hydrogen) atoms. The maximum Gasteiger partial charge on any atom is 0.138 e. The van der Waals surface area contributed by atoms with E-state index in [0.717, 1.165) is 5.56 Å². The summed E-state index contributed by atoms with van der Waals surface area (Å²) in [6.45, 7) is 0.239. The van der Waals surface area contributed by atoms with Crippen LogP contribution >= 0.6 is 11.6 Å². The average molecular weight is 305 g/mol. The van der Waals surface area contributed by atoms with Gasteiger partial charge in [0.05, 0.1) is 17.2 Å². The van der Waals surface area contributed by atoms with Crippen LogP contribution in [0.2, 0.25) is 5.02 Å². The van der Waals surface area contributed by atoms with Crippen LogP contribution < -0.4 is 4.74 Å². The van der Waals surface area contributed by atoms with Gasteiger partial charge in [-0.25, -0.2) is 4.39 Å². The van der Waals surface area contributed by atoms with Crippen LogP contribution in [-0.4, -0.2) is 11.7 Å². The summed E-state index contributed by atoms with van der Waals surface area (Å²) in [6, 6.07) is 11.8. The fourth-order valence-corrected chi connectivity index (χ4v) is 1.88. The van der Waals surface area contributed by atoms with Gasteiger partial charge in [0.25, 0.3) is 0 Å². The Hall–Kier alpha value is -2.02. The topological polar surface area (TPSA) is 29.5 Å². The second-order valence-electron chi connectivity index (χ2n) is 4.31. The van der Waals surface area contributed by atoms with Gasteiger partial charge in [0.15, 0.2) is 0 Å². The van der Waals surface area contributed by atoms with Crippen LogP contribution in [0, 0.1) is 17.7 Å². The first-order valence-electron chi connectivity index (χ1n) is 6.46. The molecule has 0 aliphatic carbocycles. The fraction of sp³-hybridized carbons (Fsp3) is 0.176. The zero-order chi connectivity index (χ0) is 15.1. The molecule has 0 saturated heterocycles. The third kappa shape index (κ3) is 4.49. The van der Waals surface area contributed by atoms with E-state index in [-0.39, 0.29) is 19.0 Å². The van der Waals surface area contributed by atoms with Crippen molar-refractivity contribution in [3.8, 4) is 17.6 Å². The number of halogens is 2. The Labute approximate surface area is 128 Å². The van der Waals surface area contributed by atoms with Gasteiger partial charge in [-0.2, -0.15) is 0 Å². The first-order chi connectivity index (χ1) is 10.2. The Balaban J connectivity index is 2.09. The normalized spacial score (nSPS) is 9.86. The van der Waals surface area contributed by atoms with Gasteiger partial charge in [-0.1, -0.05) is 41.6 Å². The molecule has 2 rings (SSSR count). The van der Waals surface area contributed by atoms with Crippen molar-refractivity contribution in [2.45, 2.75) is 13.0 Å². The van der Waals surface area contributed by atoms with Crippen LogP contribution in [0.3, 0.4) is 0 Å². The van der Waals surface area contributed by atoms with Crippen LogP contribution in [0.5, 0.6) is 5.75 Å². The van der Waals surface area contributed by atoms with Crippen LogP contribution in [0.4, 0.5) is 4.39 Å². The van der Waals surface area contributed by atoms with E-state index in [1.807, 2.05) is 12.1 Å². The Morgan fingerprint density at radius 2 is 2.00 bits per heavy atom. The molecule has 0 heterocycles. The second kappa shape index (κ2) is 7.68. The van der Waals surface area contributed by atoms with Crippen molar-refractivity contribution in [3.05, 3.63) is 64.4 Å². The van der Waals surface area contributed by atoms with E-state index in [1.165, 1.54) is 6.07 Å². The third-order valence-corrected chi connectivity index (χ3v) is 3.03. The van der Waals surface area contributed by atoms with Gasteiger partial charge < -0.3 is 9.84 Å². The number of para-hydroxylation sites is 1. The standard InChI is InChI=1S/C17H14ClFO2/c18-15-6-1-2-7-17(15)21-12-13-8-9-16(19)14(11-13)5-3-4-10-20/h1-2,6-9,11,20H,4,10,12H2. The predicted molar refractivity (Wildman–Crippen MR) is 80.8 cm³/mol. The minimum atomic E-state index is -0.387. The van der Waals surface area contributed by atoms with E-state index < -0.39 is 0 Å². The van der Waals surface area contributed by atoms with Gasteiger partial charge >= 0.3 is 0 Å². The summed E-state index contributed by atoms with van der Waals surface area (Å²) in [5.74, 6) is 5.59. The molecule has 0 spiro atoms. The highest BCUT2D eigenvalue weighted by Gasteiger charge is 2.04. The molecule has 4 heteroatoms. The second-order valence-corrected chi connectivity index (χ2v) is 4.72. The van der Waals surface area contributed by atoms with Crippen molar-refractivity contribution in [2.75, 3.05) is 6.61 Å². The highest BCUT2D eigenvalue weighted by molar-refractivity contribution is 6.32. The number of ether oxygens (including phenoxy) is 1. The third-order valence-electron chi connectivity index (χ3n) is 2.72. The van der Waals surface area contributed by atoms with Crippen molar-refractivity contribution in [3.63, 3.8) is 0 Å². The quantitative estimate of drug-likeness (QED) is 0.871. The summed E-state index contributed by atoms with van der Waals surface area (Å²) < 4.78 is 19.2. The molecule has 108 valence electrons. The first-order valence-corrected chi connectivity index (χ1v) is 6.84. The SMILES string of the molecule is OCCC#Cc1cc(COc2ccccc2Cl)ccc1F. The summed E-state index contributed by atoms with van der Waals surface area (Å²) >= 11 is 6.00. The molecular formula is C17H14ClFO2. The molecule has 0 unspecified atom stereocenters. The monoisotopic (exact) mass is 304 g/mol. The predicted octanol–water partition coefficient (Wildman–Crippen LogP) is 3.79. The largest absolute Gasteiger partial charge is 0.487 e. The molecule has 1 N–H and O–H groups in total. The zero-order valence-corrected chi connectivity index (χ0v) is 12.0. The molecule has 0 atom stereocenters. The fourth-order valence-electron chi connectivity index (χ4n) is 1.69. The lowest BCUT2D eigenvalue weighted by Crippen LogP contribution is -1.97. The van der Waals surface area contributed by atoms with E-state index in [9.17, 15) is 4.39 Å². The minimum Gasteiger partial charge on any atom is -0.487 e. The van der Waals surface area contributed by atoms with Gasteiger partial charge in [-0.3, -0.25) is 0 Å². The van der Waals surface area contributed by atoms with Crippen LogP contribution in [0.15, 0.2) is 42.5 Å². The van der Waals surface area contributed by atoms with E-state index in [1.54, 1.807) is 24.3 Å². The summed E-state index contributed by atoms with van der Waals surface area (Å²) in [5, 5.41) is 9.21. The molecule has 2 nitrogen and oxygen atoms in total. The highest BCUT2D eigenvalue weighted by atomic mass is 35.5. The van der Waals surface area contributed by atoms with Crippen molar-refractivity contribution < 1.29 is 14.2 Å². The molecule has 0 aromatic heterocycles. The Morgan fingerprint density at radius 3 is 2.76 bits per heavy atom. The molecule has 0 saturated carbocycles. The lowest BCUT2D eigenvalue weighted by molar-refractivity contribution is 0.305. The molecular weight excluding hydrogens is 291 g/mol. The van der Waals surface area contributed by atoms with Crippen molar-refractivity contribution >= 4 is 11.6 Å². The van der Waals surface area contributed by atoms with Gasteiger partial charge in [0.1, 0.15) is 18.2 Å². The van der Waals surface area contributed by atoms with Crippen molar-refractivity contribution in [2.24, 2.45) is 0 Å². The van der Waals surface area contributed by atoms with E-state index in [0.29, 0.717) is 22.8 Å². The summed E-state index contributed by atoms with van der Waals surface area (Å²) in [7, 11) is 0. The summed E-state index contributed by atoms with van der Waals surface area (Å²) in [4.78, 5) is 0. The Kier molecular flexibility index (Phi) is 5.62. The Morgan fingerprint density at radius 1 is 1.19 bits per heavy atom. The van der Waals surface area contributed by atoms with Gasteiger partial charge in [0.2, 0.25) is 0 Å².